The van der Waals surface area contributed by atoms with Gasteiger partial charge in [0.15, 0.2) is 13.2 Å². The third-order valence-electron chi connectivity index (χ3n) is 14.9. The van der Waals surface area contributed by atoms with Gasteiger partial charge in [0.1, 0.15) is 58.2 Å². The van der Waals surface area contributed by atoms with E-state index < -0.39 is 72.6 Å². The maximum Gasteiger partial charge on any atom is 0.408 e. The standard InChI is InChI=1S/C34H50N6O6.C26H34N6O6/c1-21-29(35-19-27(31(42)46-34(6,7)8)39-32(43)44-20-28(41)45-33(3,4)5)36-22(2)37-30(21)40-17-15-24(16-18-40)26-14-13-23-11-9-10-12-25(23)38-26;1-15-23(27-13-21(25(35)36)31-26(37)38-14-22(33)34)28-16(2)29-24(15)32-11-9-18(10-12-32)20-8-7-17-5-3-4-6-19(17)30-20/h13-14,24,27H,9-12,15-20H2,1-8H3,(H,39,43)(H,35,36,37);7-8,18,21H,3-6,9-14H2,1-2H3,(H,31,37)(H,33,34)(H,35,36)(H,27,28,29)/t27-;21-/m00/s1. The summed E-state index contributed by atoms with van der Waals surface area (Å²) in [5.74, 6) is 0.598. The minimum atomic E-state index is -1.35. The Hall–Kier alpha value is -7.92. The van der Waals surface area contributed by atoms with E-state index in [-0.39, 0.29) is 13.1 Å². The second-order valence-electron chi connectivity index (χ2n) is 23.9. The number of aryl methyl sites for hydroxylation is 6. The molecule has 6 heterocycles. The number of aromatic nitrogens is 6. The average Bonchev–Trinajstić information content (AvgIpc) is 2.83. The van der Waals surface area contributed by atoms with Crippen molar-refractivity contribution in [1.82, 2.24) is 40.5 Å². The predicted molar refractivity (Wildman–Crippen MR) is 314 cm³/mol. The van der Waals surface area contributed by atoms with Crippen LogP contribution in [0.25, 0.3) is 0 Å². The lowest BCUT2D eigenvalue weighted by Crippen LogP contribution is -2.48. The molecule has 2 saturated heterocycles. The lowest BCUT2D eigenvalue weighted by atomic mass is 9.90. The molecular weight excluding hydrogens is 1080 g/mol. The molecule has 0 bridgehead atoms. The minimum Gasteiger partial charge on any atom is -0.480 e. The van der Waals surface area contributed by atoms with Crippen LogP contribution in [0.15, 0.2) is 24.3 Å². The Morgan fingerprint density at radius 3 is 1.40 bits per heavy atom. The van der Waals surface area contributed by atoms with Gasteiger partial charge in [-0.25, -0.2) is 48.7 Å². The number of hydrogen-bond donors (Lipinski definition) is 6. The van der Waals surface area contributed by atoms with Gasteiger partial charge >= 0.3 is 36.1 Å². The summed E-state index contributed by atoms with van der Waals surface area (Å²) in [7, 11) is 0. The normalized spacial score (nSPS) is 16.3. The number of nitrogens with one attached hydrogen (secondary N) is 4. The highest BCUT2D eigenvalue weighted by Crippen LogP contribution is 2.35. The van der Waals surface area contributed by atoms with E-state index in [0.717, 1.165) is 100 Å². The molecule has 24 heteroatoms. The molecule has 2 fully saturated rings. The van der Waals surface area contributed by atoms with E-state index >= 15 is 0 Å². The summed E-state index contributed by atoms with van der Waals surface area (Å²) in [5.41, 5.74) is 7.82. The molecule has 0 spiro atoms. The van der Waals surface area contributed by atoms with Gasteiger partial charge in [-0.05, 0) is 170 Å². The molecule has 4 aliphatic rings. The van der Waals surface area contributed by atoms with Gasteiger partial charge in [-0.1, -0.05) is 12.1 Å². The van der Waals surface area contributed by atoms with Crippen molar-refractivity contribution in [1.29, 1.82) is 0 Å². The predicted octanol–water partition coefficient (Wildman–Crippen LogP) is 7.37. The third kappa shape index (κ3) is 18.5. The quantitative estimate of drug-likeness (QED) is 0.0418. The lowest BCUT2D eigenvalue weighted by molar-refractivity contribution is -0.158. The Balaban J connectivity index is 0.000000245. The molecule has 0 unspecified atom stereocenters. The number of aliphatic carboxylic acids is 2. The fourth-order valence-electron chi connectivity index (χ4n) is 10.8. The van der Waals surface area contributed by atoms with Crippen LogP contribution in [-0.2, 0) is 63.8 Å². The zero-order chi connectivity index (χ0) is 60.9. The number of fused-ring (bicyclic) bond motifs is 2. The van der Waals surface area contributed by atoms with Crippen molar-refractivity contribution >= 4 is 59.3 Å². The molecule has 6 N–H and O–H groups in total. The zero-order valence-electron chi connectivity index (χ0n) is 50.3. The Morgan fingerprint density at radius 1 is 0.560 bits per heavy atom. The first kappa shape index (κ1) is 63.7. The fraction of sp³-hybridized carbons (Fsp3) is 0.600. The van der Waals surface area contributed by atoms with Crippen LogP contribution in [-0.4, -0.2) is 152 Å². The number of carboxylic acids is 2. The van der Waals surface area contributed by atoms with Crippen molar-refractivity contribution in [2.75, 3.05) is 72.9 Å². The largest absolute Gasteiger partial charge is 0.480 e. The molecule has 2 atom stereocenters. The minimum absolute atomic E-state index is 0.0285. The second kappa shape index (κ2) is 28.6. The van der Waals surface area contributed by atoms with E-state index in [1.165, 1.54) is 59.6 Å². The van der Waals surface area contributed by atoms with Gasteiger partial charge in [-0.15, -0.1) is 0 Å². The van der Waals surface area contributed by atoms with Crippen molar-refractivity contribution in [3.8, 4) is 0 Å². The highest BCUT2D eigenvalue weighted by molar-refractivity contribution is 5.84. The number of alkyl carbamates (subject to hydrolysis) is 2. The molecule has 0 saturated carbocycles. The first-order valence-electron chi connectivity index (χ1n) is 29.2. The number of carbonyl (C=O) groups excluding carboxylic acids is 4. The molecule has 456 valence electrons. The Labute approximate surface area is 491 Å². The fourth-order valence-corrected chi connectivity index (χ4v) is 10.8. The van der Waals surface area contributed by atoms with Gasteiger partial charge in [0.05, 0.1) is 0 Å². The molecule has 0 radical (unpaired) electrons. The summed E-state index contributed by atoms with van der Waals surface area (Å²) in [6.07, 6.45) is 11.1. The average molecular weight is 1170 g/mol. The van der Waals surface area contributed by atoms with Crippen molar-refractivity contribution in [3.05, 3.63) is 80.9 Å². The van der Waals surface area contributed by atoms with E-state index in [0.29, 0.717) is 35.1 Å². The Kier molecular flexibility index (Phi) is 21.7. The van der Waals surface area contributed by atoms with Gasteiger partial charge in [0, 0.05) is 85.0 Å². The molecule has 2 aliphatic heterocycles. The number of nitrogens with zero attached hydrogens (tertiary/aromatic N) is 8. The molecule has 4 aromatic heterocycles. The number of amides is 2. The van der Waals surface area contributed by atoms with Crippen LogP contribution < -0.4 is 31.1 Å². The van der Waals surface area contributed by atoms with E-state index in [4.69, 9.17) is 34.3 Å². The maximum atomic E-state index is 13.1. The molecule has 8 rings (SSSR count). The SMILES string of the molecule is Cc1nc(NC[C@H](NC(=O)OCC(=O)O)C(=O)O)c(C)c(N2CCC(c3ccc4c(n3)CCCC4)CC2)n1.Cc1nc(NC[C@H](NC(=O)OCC(=O)OC(C)(C)C)C(=O)OC(C)(C)C)c(C)c(N2CCC(c3ccc4c(n3)CCCC4)CC2)n1. The third-order valence-corrected chi connectivity index (χ3v) is 14.9. The number of ether oxygens (including phenoxy) is 4. The van der Waals surface area contributed by atoms with Gasteiger partial charge in [0.25, 0.3) is 0 Å². The summed E-state index contributed by atoms with van der Waals surface area (Å²) in [4.78, 5) is 105. The van der Waals surface area contributed by atoms with E-state index in [9.17, 15) is 33.9 Å². The van der Waals surface area contributed by atoms with Crippen molar-refractivity contribution in [2.24, 2.45) is 0 Å². The van der Waals surface area contributed by atoms with Crippen molar-refractivity contribution in [2.45, 2.75) is 181 Å². The first-order valence-corrected chi connectivity index (χ1v) is 29.2. The van der Waals surface area contributed by atoms with Gasteiger partial charge in [-0.2, -0.15) is 0 Å². The van der Waals surface area contributed by atoms with Crippen molar-refractivity contribution in [3.63, 3.8) is 0 Å². The van der Waals surface area contributed by atoms with Crippen molar-refractivity contribution < 1.29 is 57.9 Å². The van der Waals surface area contributed by atoms with Crippen LogP contribution in [0.3, 0.4) is 0 Å². The molecule has 4 aromatic rings. The van der Waals surface area contributed by atoms with Gasteiger partial charge < -0.3 is 60.2 Å². The number of carbonyl (C=O) groups is 6. The zero-order valence-corrected chi connectivity index (χ0v) is 50.3. The highest BCUT2D eigenvalue weighted by Gasteiger charge is 2.32. The monoisotopic (exact) mass is 1160 g/mol. The second-order valence-corrected chi connectivity index (χ2v) is 23.9. The Bertz CT molecular complexity index is 3000. The molecule has 2 amide bonds. The number of hydrogen-bond acceptors (Lipinski definition) is 20. The number of pyridine rings is 2. The summed E-state index contributed by atoms with van der Waals surface area (Å²) in [6, 6.07) is 6.47. The van der Waals surface area contributed by atoms with Gasteiger partial charge in [-0.3, -0.25) is 9.97 Å². The molecule has 84 heavy (non-hydrogen) atoms. The number of piperidine rings is 2. The smallest absolute Gasteiger partial charge is 0.408 e. The molecule has 24 nitrogen and oxygen atoms in total. The number of carboxylic acid groups (broad SMARTS) is 2. The number of anilines is 4. The Morgan fingerprint density at radius 2 is 0.976 bits per heavy atom. The van der Waals surface area contributed by atoms with E-state index in [1.807, 2.05) is 20.8 Å². The van der Waals surface area contributed by atoms with Crippen LogP contribution in [0.5, 0.6) is 0 Å². The first-order chi connectivity index (χ1) is 39.8. The van der Waals surface area contributed by atoms with Crippen LogP contribution in [0.2, 0.25) is 0 Å². The summed E-state index contributed by atoms with van der Waals surface area (Å²) >= 11 is 0. The molecule has 0 aromatic carbocycles. The van der Waals surface area contributed by atoms with E-state index in [1.54, 1.807) is 48.5 Å². The van der Waals surface area contributed by atoms with Crippen LogP contribution in [0, 0.1) is 27.7 Å². The van der Waals surface area contributed by atoms with Crippen LogP contribution >= 0.6 is 0 Å². The summed E-state index contributed by atoms with van der Waals surface area (Å²) in [5, 5.41) is 28.9. The van der Waals surface area contributed by atoms with Crippen LogP contribution in [0.1, 0.15) is 161 Å². The highest BCUT2D eigenvalue weighted by atomic mass is 16.6. The van der Waals surface area contributed by atoms with Gasteiger partial charge in [0.2, 0.25) is 0 Å². The molecular formula is C60H84N12O12. The lowest BCUT2D eigenvalue weighted by Gasteiger charge is -2.34. The number of esters is 2. The molecule has 2 aliphatic carbocycles. The van der Waals surface area contributed by atoms with Crippen LogP contribution in [0.4, 0.5) is 32.9 Å². The maximum absolute atomic E-state index is 13.1. The van der Waals surface area contributed by atoms with E-state index in [2.05, 4.69) is 75.0 Å². The topological polar surface area (TPSA) is 312 Å². The summed E-state index contributed by atoms with van der Waals surface area (Å²) in [6.45, 7) is 19.4. The number of rotatable bonds is 18. The summed E-state index contributed by atoms with van der Waals surface area (Å²) < 4.78 is 20.2.